The minimum atomic E-state index is -0.869. The van der Waals surface area contributed by atoms with Crippen molar-refractivity contribution in [2.45, 2.75) is 39.8 Å². The molecule has 1 aromatic heterocycles. The number of hydrogen-bond acceptors (Lipinski definition) is 3. The van der Waals surface area contributed by atoms with Crippen LogP contribution in [-0.2, 0) is 22.7 Å². The van der Waals surface area contributed by atoms with Crippen LogP contribution >= 0.6 is 0 Å². The van der Waals surface area contributed by atoms with Crippen LogP contribution < -0.4 is 0 Å². The monoisotopic (exact) mass is 265 g/mol. The Morgan fingerprint density at radius 3 is 2.79 bits per heavy atom. The summed E-state index contributed by atoms with van der Waals surface area (Å²) < 4.78 is 2.03. The average Bonchev–Trinajstić information content (AvgIpc) is 2.72. The van der Waals surface area contributed by atoms with E-state index in [9.17, 15) is 9.59 Å². The standard InChI is InChI=1S/C13H19N3O3/c1-13(2,8-12(18)19)7-11(17)16-6-5-15-4-3-14-10(15)9-16/h3-4H,5-9H2,1-2H3,(H,18,19). The molecule has 0 spiro atoms. The number of carboxylic acid groups (broad SMARTS) is 1. The highest BCUT2D eigenvalue weighted by Crippen LogP contribution is 2.26. The van der Waals surface area contributed by atoms with E-state index in [4.69, 9.17) is 5.11 Å². The Morgan fingerprint density at radius 2 is 2.11 bits per heavy atom. The maximum atomic E-state index is 12.2. The quantitative estimate of drug-likeness (QED) is 0.885. The Bertz CT molecular complexity index is 493. The number of rotatable bonds is 4. The molecular weight excluding hydrogens is 246 g/mol. The molecule has 104 valence electrons. The molecule has 6 nitrogen and oxygen atoms in total. The van der Waals surface area contributed by atoms with Crippen LogP contribution in [0.3, 0.4) is 0 Å². The van der Waals surface area contributed by atoms with Gasteiger partial charge in [0.2, 0.25) is 5.91 Å². The first-order chi connectivity index (χ1) is 8.87. The highest BCUT2D eigenvalue weighted by atomic mass is 16.4. The van der Waals surface area contributed by atoms with Gasteiger partial charge >= 0.3 is 5.97 Å². The third-order valence-electron chi connectivity index (χ3n) is 3.36. The zero-order valence-electron chi connectivity index (χ0n) is 11.3. The fourth-order valence-electron chi connectivity index (χ4n) is 2.38. The number of carboxylic acids is 1. The predicted molar refractivity (Wildman–Crippen MR) is 68.3 cm³/mol. The number of aliphatic carboxylic acids is 1. The zero-order valence-corrected chi connectivity index (χ0v) is 11.3. The van der Waals surface area contributed by atoms with Crippen molar-refractivity contribution in [1.82, 2.24) is 14.5 Å². The maximum Gasteiger partial charge on any atom is 0.303 e. The second kappa shape index (κ2) is 5.03. The molecule has 0 bridgehead atoms. The van der Waals surface area contributed by atoms with E-state index in [0.717, 1.165) is 12.4 Å². The molecule has 0 radical (unpaired) electrons. The van der Waals surface area contributed by atoms with Gasteiger partial charge in [-0.05, 0) is 5.41 Å². The largest absolute Gasteiger partial charge is 0.481 e. The van der Waals surface area contributed by atoms with E-state index in [-0.39, 0.29) is 18.7 Å². The van der Waals surface area contributed by atoms with E-state index >= 15 is 0 Å². The van der Waals surface area contributed by atoms with Gasteiger partial charge in [0.1, 0.15) is 5.82 Å². The second-order valence-corrected chi connectivity index (χ2v) is 5.76. The van der Waals surface area contributed by atoms with Gasteiger partial charge in [0, 0.05) is 31.9 Å². The van der Waals surface area contributed by atoms with E-state index in [2.05, 4.69) is 4.98 Å². The minimum absolute atomic E-state index is 0.000463. The summed E-state index contributed by atoms with van der Waals surface area (Å²) in [5.74, 6) is 0.0168. The average molecular weight is 265 g/mol. The van der Waals surface area contributed by atoms with Gasteiger partial charge in [-0.3, -0.25) is 9.59 Å². The van der Waals surface area contributed by atoms with E-state index in [0.29, 0.717) is 13.1 Å². The van der Waals surface area contributed by atoms with Gasteiger partial charge in [-0.1, -0.05) is 13.8 Å². The van der Waals surface area contributed by atoms with E-state index in [1.807, 2.05) is 24.6 Å². The number of imidazole rings is 1. The third kappa shape index (κ3) is 3.33. The van der Waals surface area contributed by atoms with Gasteiger partial charge in [0.15, 0.2) is 0 Å². The van der Waals surface area contributed by atoms with E-state index < -0.39 is 11.4 Å². The van der Waals surface area contributed by atoms with Crippen molar-refractivity contribution in [3.05, 3.63) is 18.2 Å². The van der Waals surface area contributed by atoms with Gasteiger partial charge in [-0.25, -0.2) is 4.98 Å². The van der Waals surface area contributed by atoms with Crippen LogP contribution in [0, 0.1) is 5.41 Å². The number of aromatic nitrogens is 2. The molecule has 1 N–H and O–H groups in total. The molecule has 0 saturated heterocycles. The molecule has 0 saturated carbocycles. The van der Waals surface area contributed by atoms with Crippen LogP contribution in [0.5, 0.6) is 0 Å². The van der Waals surface area contributed by atoms with Crippen molar-refractivity contribution in [1.29, 1.82) is 0 Å². The number of hydrogen-bond donors (Lipinski definition) is 1. The summed E-state index contributed by atoms with van der Waals surface area (Å²) >= 11 is 0. The lowest BCUT2D eigenvalue weighted by atomic mass is 9.85. The number of nitrogens with zero attached hydrogens (tertiary/aromatic N) is 3. The number of carbonyl (C=O) groups excluding carboxylic acids is 1. The van der Waals surface area contributed by atoms with Crippen LogP contribution in [0.25, 0.3) is 0 Å². The van der Waals surface area contributed by atoms with Crippen LogP contribution in [0.1, 0.15) is 32.5 Å². The fourth-order valence-corrected chi connectivity index (χ4v) is 2.38. The van der Waals surface area contributed by atoms with Crippen molar-refractivity contribution in [3.8, 4) is 0 Å². The Kier molecular flexibility index (Phi) is 3.59. The second-order valence-electron chi connectivity index (χ2n) is 5.76. The minimum Gasteiger partial charge on any atom is -0.481 e. The number of amides is 1. The highest BCUT2D eigenvalue weighted by molar-refractivity contribution is 5.78. The summed E-state index contributed by atoms with van der Waals surface area (Å²) in [6.07, 6.45) is 3.89. The molecule has 1 aliphatic heterocycles. The molecule has 6 heteroatoms. The fraction of sp³-hybridized carbons (Fsp3) is 0.615. The molecule has 1 aromatic rings. The molecular formula is C13H19N3O3. The normalized spacial score (nSPS) is 15.2. The molecule has 0 fully saturated rings. The molecule has 1 amide bonds. The third-order valence-corrected chi connectivity index (χ3v) is 3.36. The SMILES string of the molecule is CC(C)(CC(=O)O)CC(=O)N1CCn2ccnc2C1. The van der Waals surface area contributed by atoms with E-state index in [1.54, 1.807) is 11.1 Å². The van der Waals surface area contributed by atoms with Crippen LogP contribution in [0.2, 0.25) is 0 Å². The van der Waals surface area contributed by atoms with Gasteiger partial charge in [-0.2, -0.15) is 0 Å². The molecule has 0 atom stereocenters. The smallest absolute Gasteiger partial charge is 0.303 e. The summed E-state index contributed by atoms with van der Waals surface area (Å²) in [5, 5.41) is 8.84. The Morgan fingerprint density at radius 1 is 1.37 bits per heavy atom. The first-order valence-corrected chi connectivity index (χ1v) is 6.37. The van der Waals surface area contributed by atoms with Crippen LogP contribution in [0.4, 0.5) is 0 Å². The summed E-state index contributed by atoms with van der Waals surface area (Å²) in [4.78, 5) is 29.0. The van der Waals surface area contributed by atoms with Crippen molar-refractivity contribution >= 4 is 11.9 Å². The predicted octanol–water partition coefficient (Wildman–Crippen LogP) is 1.12. The summed E-state index contributed by atoms with van der Waals surface area (Å²) in [6.45, 7) is 5.54. The Hall–Kier alpha value is -1.85. The van der Waals surface area contributed by atoms with Crippen molar-refractivity contribution in [2.75, 3.05) is 6.54 Å². The highest BCUT2D eigenvalue weighted by Gasteiger charge is 2.29. The lowest BCUT2D eigenvalue weighted by Gasteiger charge is -2.31. The van der Waals surface area contributed by atoms with Crippen molar-refractivity contribution in [2.24, 2.45) is 5.41 Å². The lowest BCUT2D eigenvalue weighted by molar-refractivity contribution is -0.141. The topological polar surface area (TPSA) is 75.4 Å². The van der Waals surface area contributed by atoms with Crippen LogP contribution in [-0.4, -0.2) is 38.0 Å². The van der Waals surface area contributed by atoms with Crippen molar-refractivity contribution in [3.63, 3.8) is 0 Å². The summed E-state index contributed by atoms with van der Waals surface area (Å²) in [7, 11) is 0. The summed E-state index contributed by atoms with van der Waals surface area (Å²) in [6, 6.07) is 0. The first kappa shape index (κ1) is 13.6. The molecule has 2 rings (SSSR count). The molecule has 2 heterocycles. The molecule has 0 aromatic carbocycles. The summed E-state index contributed by atoms with van der Waals surface area (Å²) in [5.41, 5.74) is -0.518. The van der Waals surface area contributed by atoms with E-state index in [1.165, 1.54) is 0 Å². The van der Waals surface area contributed by atoms with Gasteiger partial charge < -0.3 is 14.6 Å². The Balaban J connectivity index is 1.96. The Labute approximate surface area is 112 Å². The first-order valence-electron chi connectivity index (χ1n) is 6.37. The van der Waals surface area contributed by atoms with Gasteiger partial charge in [0.05, 0.1) is 13.0 Å². The van der Waals surface area contributed by atoms with Crippen LogP contribution in [0.15, 0.2) is 12.4 Å². The molecule has 0 aliphatic carbocycles. The number of fused-ring (bicyclic) bond motifs is 1. The maximum absolute atomic E-state index is 12.2. The lowest BCUT2D eigenvalue weighted by Crippen LogP contribution is -2.40. The van der Waals surface area contributed by atoms with Gasteiger partial charge in [-0.15, -0.1) is 0 Å². The molecule has 1 aliphatic rings. The molecule has 19 heavy (non-hydrogen) atoms. The number of carbonyl (C=O) groups is 2. The molecule has 0 unspecified atom stereocenters. The van der Waals surface area contributed by atoms with Crippen molar-refractivity contribution < 1.29 is 14.7 Å². The zero-order chi connectivity index (χ0) is 14.0. The van der Waals surface area contributed by atoms with Gasteiger partial charge in [0.25, 0.3) is 0 Å².